The van der Waals surface area contributed by atoms with Crippen molar-refractivity contribution in [2.24, 2.45) is 0 Å². The van der Waals surface area contributed by atoms with E-state index in [0.29, 0.717) is 17.6 Å². The Morgan fingerprint density at radius 1 is 1.26 bits per heavy atom. The van der Waals surface area contributed by atoms with Gasteiger partial charge in [0.15, 0.2) is 11.5 Å². The molecule has 5 nitrogen and oxygen atoms in total. The summed E-state index contributed by atoms with van der Waals surface area (Å²) in [5.41, 5.74) is 2.23. The van der Waals surface area contributed by atoms with Crippen molar-refractivity contribution in [3.05, 3.63) is 46.4 Å². The van der Waals surface area contributed by atoms with E-state index < -0.39 is 5.97 Å². The summed E-state index contributed by atoms with van der Waals surface area (Å²) < 4.78 is 4.80. The number of aryl methyl sites for hydroxylation is 1. The van der Waals surface area contributed by atoms with E-state index in [4.69, 9.17) is 16.3 Å². The number of rotatable bonds is 4. The van der Waals surface area contributed by atoms with Gasteiger partial charge in [-0.3, -0.25) is 0 Å². The second-order valence-corrected chi connectivity index (χ2v) is 6.11. The van der Waals surface area contributed by atoms with Crippen molar-refractivity contribution in [3.63, 3.8) is 0 Å². The van der Waals surface area contributed by atoms with Crippen LogP contribution in [0.4, 0.5) is 11.5 Å². The minimum atomic E-state index is -0.544. The maximum absolute atomic E-state index is 12.0. The van der Waals surface area contributed by atoms with Crippen LogP contribution in [0.25, 0.3) is 0 Å². The van der Waals surface area contributed by atoms with Gasteiger partial charge in [-0.05, 0) is 31.9 Å². The first kappa shape index (κ1) is 15.7. The molecule has 0 N–H and O–H groups in total. The molecule has 120 valence electrons. The average Bonchev–Trinajstić information content (AvgIpc) is 3.39. The lowest BCUT2D eigenvalue weighted by Crippen LogP contribution is -2.17. The zero-order chi connectivity index (χ0) is 16.6. The molecule has 0 aliphatic heterocycles. The van der Waals surface area contributed by atoms with E-state index in [2.05, 4.69) is 9.97 Å². The molecule has 1 aromatic carbocycles. The summed E-state index contributed by atoms with van der Waals surface area (Å²) in [7, 11) is 3.19. The van der Waals surface area contributed by atoms with Gasteiger partial charge < -0.3 is 9.64 Å². The molecule has 0 bridgehead atoms. The van der Waals surface area contributed by atoms with Gasteiger partial charge in [0.1, 0.15) is 10.8 Å². The molecule has 0 saturated heterocycles. The van der Waals surface area contributed by atoms with Gasteiger partial charge in [-0.15, -0.1) is 0 Å². The topological polar surface area (TPSA) is 55.3 Å². The van der Waals surface area contributed by atoms with E-state index in [1.807, 2.05) is 43.1 Å². The van der Waals surface area contributed by atoms with Crippen molar-refractivity contribution < 1.29 is 9.53 Å². The first-order valence-corrected chi connectivity index (χ1v) is 7.85. The molecule has 0 spiro atoms. The summed E-state index contributed by atoms with van der Waals surface area (Å²) in [6.07, 6.45) is 2.08. The molecule has 2 aromatic rings. The molecule has 0 atom stereocenters. The van der Waals surface area contributed by atoms with E-state index in [1.165, 1.54) is 12.7 Å². The van der Waals surface area contributed by atoms with Crippen molar-refractivity contribution >= 4 is 29.1 Å². The lowest BCUT2D eigenvalue weighted by atomic mass is 10.2. The van der Waals surface area contributed by atoms with Gasteiger partial charge in [0, 0.05) is 18.7 Å². The normalized spacial score (nSPS) is 13.7. The molecule has 6 heteroatoms. The van der Waals surface area contributed by atoms with Gasteiger partial charge in [-0.1, -0.05) is 29.3 Å². The number of hydrogen-bond donors (Lipinski definition) is 0. The molecule has 0 radical (unpaired) electrons. The summed E-state index contributed by atoms with van der Waals surface area (Å²) >= 11 is 6.39. The predicted molar refractivity (Wildman–Crippen MR) is 89.6 cm³/mol. The van der Waals surface area contributed by atoms with Crippen LogP contribution in [0.3, 0.4) is 0 Å². The van der Waals surface area contributed by atoms with Gasteiger partial charge in [-0.2, -0.15) is 0 Å². The lowest BCUT2D eigenvalue weighted by Gasteiger charge is -2.21. The highest BCUT2D eigenvalue weighted by atomic mass is 35.5. The van der Waals surface area contributed by atoms with E-state index in [9.17, 15) is 4.79 Å². The summed E-state index contributed by atoms with van der Waals surface area (Å²) in [5, 5.41) is 0.212. The summed E-state index contributed by atoms with van der Waals surface area (Å²) in [4.78, 5) is 22.7. The zero-order valence-corrected chi connectivity index (χ0v) is 14.1. The van der Waals surface area contributed by atoms with Crippen molar-refractivity contribution in [2.75, 3.05) is 19.1 Å². The third kappa shape index (κ3) is 3.15. The highest BCUT2D eigenvalue weighted by molar-refractivity contribution is 6.35. The molecule has 1 saturated carbocycles. The van der Waals surface area contributed by atoms with E-state index in [0.717, 1.165) is 18.5 Å². The highest BCUT2D eigenvalue weighted by Gasteiger charge is 2.31. The third-order valence-electron chi connectivity index (χ3n) is 3.91. The van der Waals surface area contributed by atoms with Crippen molar-refractivity contribution in [1.82, 2.24) is 9.97 Å². The number of hydrogen-bond acceptors (Lipinski definition) is 5. The number of benzene rings is 1. The molecule has 3 rings (SSSR count). The Labute approximate surface area is 140 Å². The van der Waals surface area contributed by atoms with Crippen LogP contribution in [0, 0.1) is 6.92 Å². The zero-order valence-electron chi connectivity index (χ0n) is 13.3. The number of ether oxygens (including phenoxy) is 1. The molecular weight excluding hydrogens is 314 g/mol. The van der Waals surface area contributed by atoms with Crippen LogP contribution in [0.2, 0.25) is 5.02 Å². The van der Waals surface area contributed by atoms with Crippen LogP contribution in [0.5, 0.6) is 0 Å². The van der Waals surface area contributed by atoms with Crippen LogP contribution in [0.1, 0.15) is 40.6 Å². The third-order valence-corrected chi connectivity index (χ3v) is 4.26. The second-order valence-electron chi connectivity index (χ2n) is 5.73. The number of nitrogens with zero attached hydrogens (tertiary/aromatic N) is 3. The van der Waals surface area contributed by atoms with Crippen molar-refractivity contribution in [2.45, 2.75) is 25.7 Å². The number of anilines is 2. The SMILES string of the molecule is COC(=O)c1nc(C2CC2)nc(N(C)c2ccc(C)cc2)c1Cl. The lowest BCUT2D eigenvalue weighted by molar-refractivity contribution is 0.0593. The highest BCUT2D eigenvalue weighted by Crippen LogP contribution is 2.41. The minimum absolute atomic E-state index is 0.125. The fourth-order valence-corrected chi connectivity index (χ4v) is 2.61. The van der Waals surface area contributed by atoms with Gasteiger partial charge in [0.25, 0.3) is 0 Å². The van der Waals surface area contributed by atoms with Crippen LogP contribution in [-0.2, 0) is 4.74 Å². The first-order chi connectivity index (χ1) is 11.0. The molecule has 1 aliphatic rings. The maximum atomic E-state index is 12.0. The van der Waals surface area contributed by atoms with E-state index >= 15 is 0 Å². The fraction of sp³-hybridized carbons (Fsp3) is 0.353. The largest absolute Gasteiger partial charge is 0.464 e. The molecule has 1 heterocycles. The smallest absolute Gasteiger partial charge is 0.358 e. The molecule has 1 fully saturated rings. The Hall–Kier alpha value is -2.14. The van der Waals surface area contributed by atoms with Crippen molar-refractivity contribution in [1.29, 1.82) is 0 Å². The van der Waals surface area contributed by atoms with Gasteiger partial charge >= 0.3 is 5.97 Å². The molecule has 0 unspecified atom stereocenters. The second kappa shape index (κ2) is 6.16. The fourth-order valence-electron chi connectivity index (χ4n) is 2.32. The van der Waals surface area contributed by atoms with Crippen LogP contribution in [0.15, 0.2) is 24.3 Å². The average molecular weight is 332 g/mol. The molecule has 0 amide bonds. The summed E-state index contributed by atoms with van der Waals surface area (Å²) in [6.45, 7) is 2.03. The number of methoxy groups -OCH3 is 1. The monoisotopic (exact) mass is 331 g/mol. The number of aromatic nitrogens is 2. The maximum Gasteiger partial charge on any atom is 0.358 e. The van der Waals surface area contributed by atoms with Gasteiger partial charge in [-0.25, -0.2) is 14.8 Å². The number of halogens is 1. The summed E-state index contributed by atoms with van der Waals surface area (Å²) in [6, 6.07) is 8.01. The van der Waals surface area contributed by atoms with Gasteiger partial charge in [0.05, 0.1) is 7.11 Å². The Morgan fingerprint density at radius 3 is 2.48 bits per heavy atom. The number of esters is 1. The van der Waals surface area contributed by atoms with Crippen LogP contribution < -0.4 is 4.90 Å². The Morgan fingerprint density at radius 2 is 1.91 bits per heavy atom. The number of carbonyl (C=O) groups excluding carboxylic acids is 1. The van der Waals surface area contributed by atoms with Crippen LogP contribution >= 0.6 is 11.6 Å². The molecule has 1 aliphatic carbocycles. The number of carbonyl (C=O) groups is 1. The first-order valence-electron chi connectivity index (χ1n) is 7.47. The van der Waals surface area contributed by atoms with E-state index in [-0.39, 0.29) is 10.7 Å². The van der Waals surface area contributed by atoms with Gasteiger partial charge in [0.2, 0.25) is 0 Å². The van der Waals surface area contributed by atoms with Crippen molar-refractivity contribution in [3.8, 4) is 0 Å². The Bertz CT molecular complexity index is 742. The standard InChI is InChI=1S/C17H18ClN3O2/c1-10-4-8-12(9-5-10)21(2)16-13(18)14(17(22)23-3)19-15(20-16)11-6-7-11/h4-5,8-9,11H,6-7H2,1-3H3. The minimum Gasteiger partial charge on any atom is -0.464 e. The van der Waals surface area contributed by atoms with E-state index in [1.54, 1.807) is 0 Å². The Kier molecular flexibility index (Phi) is 4.22. The molecule has 23 heavy (non-hydrogen) atoms. The van der Waals surface area contributed by atoms with Crippen LogP contribution in [-0.4, -0.2) is 30.1 Å². The quantitative estimate of drug-likeness (QED) is 0.796. The summed E-state index contributed by atoms with van der Waals surface area (Å²) in [5.74, 6) is 0.940. The Balaban J connectivity index is 2.07. The molecule has 1 aromatic heterocycles. The molecular formula is C17H18ClN3O2. The predicted octanol–water partition coefficient (Wildman–Crippen LogP) is 3.87.